The first-order valence-corrected chi connectivity index (χ1v) is 13.6. The molecule has 1 aliphatic heterocycles. The molecule has 4 rings (SSSR count). The van der Waals surface area contributed by atoms with E-state index in [1.165, 1.54) is 4.31 Å². The summed E-state index contributed by atoms with van der Waals surface area (Å²) >= 11 is 2.73. The quantitative estimate of drug-likeness (QED) is 0.475. The zero-order chi connectivity index (χ0) is 22.6. The fourth-order valence-corrected chi connectivity index (χ4v) is 6.32. The third kappa shape index (κ3) is 5.40. The van der Waals surface area contributed by atoms with Gasteiger partial charge in [0.2, 0.25) is 21.8 Å². The summed E-state index contributed by atoms with van der Waals surface area (Å²) < 4.78 is 33.1. The Morgan fingerprint density at radius 2 is 2.03 bits per heavy atom. The van der Waals surface area contributed by atoms with Gasteiger partial charge in [-0.05, 0) is 49.4 Å². The Hall–Kier alpha value is -2.21. The second-order valence-electron chi connectivity index (χ2n) is 7.46. The standard InChI is InChI=1S/C21H24N4O4S3/c1-15(18-9-6-12-30-18)22-19(26)14-31-21-24-23-20(29-21)16-7-5-8-17(13-16)32(27,28)25-10-3-2-4-11-25/h5-9,12-13,15H,2-4,10-11,14H2,1H3,(H,22,26). The average Bonchev–Trinajstić information content (AvgIpc) is 3.51. The lowest BCUT2D eigenvalue weighted by atomic mass is 10.2. The molecule has 32 heavy (non-hydrogen) atoms. The summed E-state index contributed by atoms with van der Waals surface area (Å²) in [5.74, 6) is 0.224. The van der Waals surface area contributed by atoms with Crippen LogP contribution in [0.25, 0.3) is 11.5 Å². The summed E-state index contributed by atoms with van der Waals surface area (Å²) in [5.41, 5.74) is 0.526. The van der Waals surface area contributed by atoms with Gasteiger partial charge in [0.15, 0.2) is 0 Å². The van der Waals surface area contributed by atoms with Crippen LogP contribution in [-0.2, 0) is 14.8 Å². The molecule has 8 nitrogen and oxygen atoms in total. The summed E-state index contributed by atoms with van der Waals surface area (Å²) in [5, 5.41) is 13.2. The van der Waals surface area contributed by atoms with Gasteiger partial charge in [0, 0.05) is 23.5 Å². The van der Waals surface area contributed by atoms with E-state index in [1.54, 1.807) is 35.6 Å². The highest BCUT2D eigenvalue weighted by Crippen LogP contribution is 2.27. The highest BCUT2D eigenvalue weighted by atomic mass is 32.2. The Morgan fingerprint density at radius 3 is 2.78 bits per heavy atom. The van der Waals surface area contributed by atoms with E-state index in [4.69, 9.17) is 4.42 Å². The lowest BCUT2D eigenvalue weighted by Crippen LogP contribution is -2.35. The maximum Gasteiger partial charge on any atom is 0.277 e. The van der Waals surface area contributed by atoms with Crippen molar-refractivity contribution in [2.45, 2.75) is 42.3 Å². The Kier molecular flexibility index (Phi) is 7.29. The molecule has 11 heteroatoms. The second-order valence-corrected chi connectivity index (χ2v) is 11.3. The van der Waals surface area contributed by atoms with E-state index >= 15 is 0 Å². The lowest BCUT2D eigenvalue weighted by molar-refractivity contribution is -0.119. The zero-order valence-electron chi connectivity index (χ0n) is 17.6. The van der Waals surface area contributed by atoms with E-state index in [2.05, 4.69) is 15.5 Å². The number of thiophene rings is 1. The Balaban J connectivity index is 1.39. The summed E-state index contributed by atoms with van der Waals surface area (Å²) in [7, 11) is -3.55. The molecule has 1 atom stereocenters. The van der Waals surface area contributed by atoms with Gasteiger partial charge < -0.3 is 9.73 Å². The summed E-state index contributed by atoms with van der Waals surface area (Å²) in [6, 6.07) is 10.4. The third-order valence-corrected chi connectivity index (χ3v) is 8.88. The molecule has 0 bridgehead atoms. The van der Waals surface area contributed by atoms with Crippen molar-refractivity contribution in [3.05, 3.63) is 46.7 Å². The molecule has 1 N–H and O–H groups in total. The number of amides is 1. The third-order valence-electron chi connectivity index (χ3n) is 5.11. The number of thioether (sulfide) groups is 1. The Labute approximate surface area is 195 Å². The van der Waals surface area contributed by atoms with Crippen molar-refractivity contribution in [2.75, 3.05) is 18.8 Å². The second kappa shape index (κ2) is 10.2. The molecule has 1 unspecified atom stereocenters. The molecule has 1 saturated heterocycles. The van der Waals surface area contributed by atoms with Crippen LogP contribution >= 0.6 is 23.1 Å². The Bertz CT molecular complexity index is 1160. The molecule has 0 aliphatic carbocycles. The Morgan fingerprint density at radius 1 is 1.22 bits per heavy atom. The number of benzene rings is 1. The molecule has 0 radical (unpaired) electrons. The van der Waals surface area contributed by atoms with Gasteiger partial charge in [-0.3, -0.25) is 4.79 Å². The number of carbonyl (C=O) groups excluding carboxylic acids is 1. The number of hydrogen-bond donors (Lipinski definition) is 1. The summed E-state index contributed by atoms with van der Waals surface area (Å²) in [6.45, 7) is 3.02. The first kappa shape index (κ1) is 23.0. The van der Waals surface area contributed by atoms with Crippen LogP contribution < -0.4 is 5.32 Å². The molecule has 1 aromatic carbocycles. The molecule has 1 fully saturated rings. The fourth-order valence-electron chi connectivity index (χ4n) is 3.45. The number of aromatic nitrogens is 2. The number of hydrogen-bond acceptors (Lipinski definition) is 8. The normalized spacial score (nSPS) is 16.0. The van der Waals surface area contributed by atoms with Gasteiger partial charge in [-0.15, -0.1) is 21.5 Å². The van der Waals surface area contributed by atoms with E-state index in [0.29, 0.717) is 18.7 Å². The molecular weight excluding hydrogens is 468 g/mol. The first-order chi connectivity index (χ1) is 15.4. The van der Waals surface area contributed by atoms with E-state index in [0.717, 1.165) is 35.9 Å². The molecule has 3 aromatic rings. The molecule has 3 heterocycles. The van der Waals surface area contributed by atoms with Crippen LogP contribution in [0.1, 0.15) is 37.1 Å². The van der Waals surface area contributed by atoms with Gasteiger partial charge in [0.1, 0.15) is 0 Å². The van der Waals surface area contributed by atoms with Crippen LogP contribution in [0.4, 0.5) is 0 Å². The van der Waals surface area contributed by atoms with E-state index < -0.39 is 10.0 Å². The van der Waals surface area contributed by atoms with Crippen LogP contribution in [0.15, 0.2) is 56.3 Å². The number of nitrogens with zero attached hydrogens (tertiary/aromatic N) is 3. The summed E-state index contributed by atoms with van der Waals surface area (Å²) in [6.07, 6.45) is 2.81. The number of sulfonamides is 1. The van der Waals surface area contributed by atoms with Crippen LogP contribution in [0, 0.1) is 0 Å². The fraction of sp³-hybridized carbons (Fsp3) is 0.381. The van der Waals surface area contributed by atoms with Crippen molar-refractivity contribution in [3.8, 4) is 11.5 Å². The van der Waals surface area contributed by atoms with Crippen molar-refractivity contribution >= 4 is 39.0 Å². The summed E-state index contributed by atoms with van der Waals surface area (Å²) in [4.78, 5) is 13.5. The maximum absolute atomic E-state index is 12.9. The topological polar surface area (TPSA) is 105 Å². The minimum atomic E-state index is -3.55. The maximum atomic E-state index is 12.9. The zero-order valence-corrected chi connectivity index (χ0v) is 20.0. The molecule has 0 saturated carbocycles. The highest BCUT2D eigenvalue weighted by Gasteiger charge is 2.26. The van der Waals surface area contributed by atoms with E-state index in [1.807, 2.05) is 24.4 Å². The predicted octanol–water partition coefficient (Wildman–Crippen LogP) is 3.94. The van der Waals surface area contributed by atoms with Gasteiger partial charge in [-0.25, -0.2) is 8.42 Å². The number of piperidine rings is 1. The number of rotatable bonds is 8. The first-order valence-electron chi connectivity index (χ1n) is 10.3. The van der Waals surface area contributed by atoms with Crippen molar-refractivity contribution in [3.63, 3.8) is 0 Å². The largest absolute Gasteiger partial charge is 0.411 e. The van der Waals surface area contributed by atoms with Crippen LogP contribution in [0.5, 0.6) is 0 Å². The molecule has 170 valence electrons. The van der Waals surface area contributed by atoms with Gasteiger partial charge in [0.05, 0.1) is 16.7 Å². The molecule has 1 aliphatic rings. The van der Waals surface area contributed by atoms with Crippen LogP contribution in [0.3, 0.4) is 0 Å². The minimum absolute atomic E-state index is 0.0639. The van der Waals surface area contributed by atoms with Crippen molar-refractivity contribution in [1.82, 2.24) is 19.8 Å². The highest BCUT2D eigenvalue weighted by molar-refractivity contribution is 7.99. The van der Waals surface area contributed by atoms with Gasteiger partial charge in [-0.2, -0.15) is 4.31 Å². The van der Waals surface area contributed by atoms with Crippen molar-refractivity contribution in [2.24, 2.45) is 0 Å². The van der Waals surface area contributed by atoms with Gasteiger partial charge in [-0.1, -0.05) is 30.3 Å². The molecule has 0 spiro atoms. The molecular formula is C21H24N4O4S3. The predicted molar refractivity (Wildman–Crippen MR) is 124 cm³/mol. The van der Waals surface area contributed by atoms with Gasteiger partial charge >= 0.3 is 0 Å². The number of nitrogens with one attached hydrogen (secondary N) is 1. The minimum Gasteiger partial charge on any atom is -0.411 e. The lowest BCUT2D eigenvalue weighted by Gasteiger charge is -2.25. The molecule has 2 aromatic heterocycles. The van der Waals surface area contributed by atoms with Crippen LogP contribution in [-0.4, -0.2) is 47.7 Å². The van der Waals surface area contributed by atoms with Gasteiger partial charge in [0.25, 0.3) is 5.22 Å². The van der Waals surface area contributed by atoms with E-state index in [-0.39, 0.29) is 33.7 Å². The van der Waals surface area contributed by atoms with E-state index in [9.17, 15) is 13.2 Å². The SMILES string of the molecule is CC(NC(=O)CSc1nnc(-c2cccc(S(=O)(=O)N3CCCCC3)c2)o1)c1cccs1. The van der Waals surface area contributed by atoms with Crippen molar-refractivity contribution in [1.29, 1.82) is 0 Å². The monoisotopic (exact) mass is 492 g/mol. The number of carbonyl (C=O) groups is 1. The van der Waals surface area contributed by atoms with Crippen molar-refractivity contribution < 1.29 is 17.6 Å². The molecule has 1 amide bonds. The average molecular weight is 493 g/mol. The van der Waals surface area contributed by atoms with Crippen LogP contribution in [0.2, 0.25) is 0 Å². The smallest absolute Gasteiger partial charge is 0.277 e.